The summed E-state index contributed by atoms with van der Waals surface area (Å²) in [4.78, 5) is 8.87. The minimum Gasteiger partial charge on any atom is -0.348 e. The Morgan fingerprint density at radius 3 is 2.70 bits per heavy atom. The predicted molar refractivity (Wildman–Crippen MR) is 88.8 cm³/mol. The van der Waals surface area contributed by atoms with Crippen LogP contribution in [0, 0.1) is 5.41 Å². The van der Waals surface area contributed by atoms with Crippen LogP contribution in [0.4, 0.5) is 5.13 Å². The van der Waals surface area contributed by atoms with Gasteiger partial charge in [-0.2, -0.15) is 0 Å². The van der Waals surface area contributed by atoms with Crippen LogP contribution >= 0.6 is 11.3 Å². The maximum absolute atomic E-state index is 4.97. The van der Waals surface area contributed by atoms with Crippen molar-refractivity contribution in [2.45, 2.75) is 59.9 Å². The van der Waals surface area contributed by atoms with Crippen LogP contribution in [0.25, 0.3) is 0 Å². The predicted octanol–water partition coefficient (Wildman–Crippen LogP) is 4.00. The fourth-order valence-corrected chi connectivity index (χ4v) is 4.37. The summed E-state index contributed by atoms with van der Waals surface area (Å²) >= 11 is 1.91. The molecule has 0 fully saturated rings. The summed E-state index contributed by atoms with van der Waals surface area (Å²) in [5.41, 5.74) is 1.69. The average molecular weight is 295 g/mol. The molecular weight excluding hydrogens is 266 g/mol. The maximum Gasteiger partial charge on any atom is 0.185 e. The average Bonchev–Trinajstić information content (AvgIpc) is 2.78. The molecule has 3 nitrogen and oxygen atoms in total. The third-order valence-electron chi connectivity index (χ3n) is 4.03. The number of rotatable bonds is 6. The Hall–Kier alpha value is -0.610. The molecule has 1 unspecified atom stereocenters. The van der Waals surface area contributed by atoms with E-state index in [1.807, 2.05) is 11.3 Å². The van der Waals surface area contributed by atoms with Gasteiger partial charge in [0, 0.05) is 24.0 Å². The van der Waals surface area contributed by atoms with Crippen LogP contribution in [0.1, 0.15) is 64.1 Å². The molecule has 1 aromatic rings. The first-order valence-electron chi connectivity index (χ1n) is 7.98. The fourth-order valence-electron chi connectivity index (χ4n) is 3.13. The van der Waals surface area contributed by atoms with Crippen LogP contribution in [-0.4, -0.2) is 24.6 Å². The quantitative estimate of drug-likeness (QED) is 0.859. The van der Waals surface area contributed by atoms with Gasteiger partial charge < -0.3 is 10.2 Å². The Balaban J connectivity index is 2.30. The summed E-state index contributed by atoms with van der Waals surface area (Å²) in [5.74, 6) is 0. The van der Waals surface area contributed by atoms with Gasteiger partial charge in [0.2, 0.25) is 0 Å². The molecule has 1 N–H and O–H groups in total. The number of hydrogen-bond acceptors (Lipinski definition) is 4. The molecular formula is C16H29N3S. The lowest BCUT2D eigenvalue weighted by molar-refractivity contribution is 0.260. The molecule has 0 radical (unpaired) electrons. The maximum atomic E-state index is 4.97. The molecule has 0 saturated heterocycles. The highest BCUT2D eigenvalue weighted by Crippen LogP contribution is 2.44. The van der Waals surface area contributed by atoms with E-state index in [1.54, 1.807) is 0 Å². The minimum atomic E-state index is 0.354. The van der Waals surface area contributed by atoms with Crippen LogP contribution in [0.3, 0.4) is 0 Å². The Morgan fingerprint density at radius 1 is 1.35 bits per heavy atom. The van der Waals surface area contributed by atoms with Crippen molar-refractivity contribution >= 4 is 16.5 Å². The third kappa shape index (κ3) is 3.34. The zero-order valence-electron chi connectivity index (χ0n) is 13.6. The van der Waals surface area contributed by atoms with Gasteiger partial charge in [0.25, 0.3) is 0 Å². The molecule has 4 heteroatoms. The van der Waals surface area contributed by atoms with Crippen molar-refractivity contribution in [2.75, 3.05) is 24.5 Å². The summed E-state index contributed by atoms with van der Waals surface area (Å²) < 4.78 is 0. The molecule has 20 heavy (non-hydrogen) atoms. The first-order chi connectivity index (χ1) is 9.50. The first kappa shape index (κ1) is 15.8. The molecule has 1 heterocycles. The van der Waals surface area contributed by atoms with E-state index < -0.39 is 0 Å². The number of thiazole rings is 1. The van der Waals surface area contributed by atoms with E-state index >= 15 is 0 Å². The Bertz CT molecular complexity index is 439. The summed E-state index contributed by atoms with van der Waals surface area (Å²) in [6.07, 6.45) is 3.51. The van der Waals surface area contributed by atoms with Crippen molar-refractivity contribution in [1.29, 1.82) is 0 Å². The lowest BCUT2D eigenvalue weighted by Crippen LogP contribution is -2.32. The number of anilines is 1. The molecule has 1 aromatic heterocycles. The van der Waals surface area contributed by atoms with E-state index in [9.17, 15) is 0 Å². The van der Waals surface area contributed by atoms with E-state index in [0.29, 0.717) is 11.5 Å². The normalized spacial score (nSPS) is 20.8. The number of hydrogen-bond donors (Lipinski definition) is 1. The monoisotopic (exact) mass is 295 g/mol. The zero-order chi connectivity index (χ0) is 14.8. The molecule has 1 aliphatic rings. The van der Waals surface area contributed by atoms with Crippen molar-refractivity contribution < 1.29 is 0 Å². The van der Waals surface area contributed by atoms with Gasteiger partial charge in [-0.1, -0.05) is 39.0 Å². The second kappa shape index (κ2) is 6.44. The van der Waals surface area contributed by atoms with Gasteiger partial charge in [-0.3, -0.25) is 0 Å². The number of aromatic nitrogens is 1. The van der Waals surface area contributed by atoms with Gasteiger partial charge >= 0.3 is 0 Å². The van der Waals surface area contributed by atoms with Gasteiger partial charge in [0.1, 0.15) is 0 Å². The Morgan fingerprint density at radius 2 is 2.10 bits per heavy atom. The van der Waals surface area contributed by atoms with Crippen LogP contribution in [-0.2, 0) is 6.42 Å². The minimum absolute atomic E-state index is 0.354. The van der Waals surface area contributed by atoms with Crippen molar-refractivity contribution in [2.24, 2.45) is 5.41 Å². The molecule has 2 rings (SSSR count). The second-order valence-electron chi connectivity index (χ2n) is 6.54. The summed E-state index contributed by atoms with van der Waals surface area (Å²) in [6, 6.07) is 0.491. The van der Waals surface area contributed by atoms with Gasteiger partial charge in [-0.15, -0.1) is 0 Å². The summed E-state index contributed by atoms with van der Waals surface area (Å²) in [6.45, 7) is 14.6. The molecule has 0 amide bonds. The van der Waals surface area contributed by atoms with Crippen molar-refractivity contribution in [3.63, 3.8) is 0 Å². The van der Waals surface area contributed by atoms with Crippen LogP contribution < -0.4 is 10.2 Å². The van der Waals surface area contributed by atoms with E-state index in [4.69, 9.17) is 4.98 Å². The van der Waals surface area contributed by atoms with Crippen LogP contribution in [0.2, 0.25) is 0 Å². The van der Waals surface area contributed by atoms with Gasteiger partial charge in [-0.25, -0.2) is 4.98 Å². The molecule has 0 aliphatic heterocycles. The molecule has 0 saturated carbocycles. The van der Waals surface area contributed by atoms with E-state index in [1.165, 1.54) is 28.5 Å². The molecule has 114 valence electrons. The lowest BCUT2D eigenvalue weighted by Gasteiger charge is -2.34. The molecule has 0 bridgehead atoms. The standard InChI is InChI=1S/C16H29N3S/c1-6-9-19(8-3)15-18-13-11-16(4,5)10-12(17-7-2)14(13)20-15/h12,17H,6-11H2,1-5H3. The largest absolute Gasteiger partial charge is 0.348 e. The second-order valence-corrected chi connectivity index (χ2v) is 7.55. The van der Waals surface area contributed by atoms with Gasteiger partial charge in [-0.05, 0) is 38.1 Å². The summed E-state index contributed by atoms with van der Waals surface area (Å²) in [7, 11) is 0. The van der Waals surface area contributed by atoms with E-state index in [2.05, 4.69) is 44.8 Å². The fraction of sp³-hybridized carbons (Fsp3) is 0.812. The highest BCUT2D eigenvalue weighted by atomic mass is 32.1. The van der Waals surface area contributed by atoms with Crippen LogP contribution in [0.15, 0.2) is 0 Å². The highest BCUT2D eigenvalue weighted by Gasteiger charge is 2.35. The number of nitrogens with one attached hydrogen (secondary N) is 1. The van der Waals surface area contributed by atoms with Crippen molar-refractivity contribution in [1.82, 2.24) is 10.3 Å². The molecule has 0 aromatic carbocycles. The van der Waals surface area contributed by atoms with Crippen molar-refractivity contribution in [3.8, 4) is 0 Å². The van der Waals surface area contributed by atoms with Gasteiger partial charge in [0.15, 0.2) is 5.13 Å². The zero-order valence-corrected chi connectivity index (χ0v) is 14.4. The SMILES string of the molecule is CCCN(CC)c1nc2c(s1)C(NCC)CC(C)(C)C2. The third-order valence-corrected chi connectivity index (χ3v) is 5.30. The van der Waals surface area contributed by atoms with Crippen LogP contribution in [0.5, 0.6) is 0 Å². The van der Waals surface area contributed by atoms with E-state index in [0.717, 1.165) is 26.1 Å². The van der Waals surface area contributed by atoms with Gasteiger partial charge in [0.05, 0.1) is 5.69 Å². The molecule has 1 atom stereocenters. The Labute approximate surface area is 127 Å². The summed E-state index contributed by atoms with van der Waals surface area (Å²) in [5, 5.41) is 4.87. The van der Waals surface area contributed by atoms with Crippen molar-refractivity contribution in [3.05, 3.63) is 10.6 Å². The molecule has 0 spiro atoms. The smallest absolute Gasteiger partial charge is 0.185 e. The first-order valence-corrected chi connectivity index (χ1v) is 8.80. The lowest BCUT2D eigenvalue weighted by atomic mass is 9.76. The highest BCUT2D eigenvalue weighted by molar-refractivity contribution is 7.15. The number of nitrogens with zero attached hydrogens (tertiary/aromatic N) is 2. The van der Waals surface area contributed by atoms with E-state index in [-0.39, 0.29) is 0 Å². The molecule has 1 aliphatic carbocycles. The number of fused-ring (bicyclic) bond motifs is 1. The Kier molecular flexibility index (Phi) is 5.08. The topological polar surface area (TPSA) is 28.2 Å².